The van der Waals surface area contributed by atoms with E-state index in [0.29, 0.717) is 11.2 Å². The van der Waals surface area contributed by atoms with E-state index in [1.54, 1.807) is 56.3 Å². The number of carbonyl (C=O) groups is 2. The Balaban J connectivity index is 1.47. The number of hydrogen-bond donors (Lipinski definition) is 3. The van der Waals surface area contributed by atoms with E-state index in [1.165, 1.54) is 30.6 Å². The summed E-state index contributed by atoms with van der Waals surface area (Å²) in [5, 5.41) is 29.6. The first-order valence-corrected chi connectivity index (χ1v) is 17.1. The van der Waals surface area contributed by atoms with Gasteiger partial charge >= 0.3 is 19.7 Å². The van der Waals surface area contributed by atoms with Crippen LogP contribution in [0.15, 0.2) is 54.7 Å². The fourth-order valence-electron chi connectivity index (χ4n) is 5.81. The standard InChI is InChI=1S/C32H40N5O9P/c1-20(2)29(38)44-28-26(45-32(19-33,31(28,4)40)27-15-14-25-24(34)16-17-35-37(25)27)18-42-47(41,46-23-12-6-5-7-13-23)36-21(3)30(39)43-22-10-8-9-11-22/h5-7,12-17,20-22,26,28,40H,8-11,18,34H2,1-4H3,(H,36,41)/t21-,26+,28+,31+,32-,47?/m0/s1. The number of nitrogens with zero attached hydrogens (tertiary/aromatic N) is 3. The Morgan fingerprint density at radius 3 is 2.51 bits per heavy atom. The highest BCUT2D eigenvalue weighted by molar-refractivity contribution is 7.52. The zero-order valence-electron chi connectivity index (χ0n) is 26.7. The molecule has 1 aromatic carbocycles. The summed E-state index contributed by atoms with van der Waals surface area (Å²) in [5.41, 5.74) is 2.71. The fourth-order valence-corrected chi connectivity index (χ4v) is 7.31. The number of carbonyl (C=O) groups excluding carboxylic acids is 2. The van der Waals surface area contributed by atoms with Gasteiger partial charge in [0.2, 0.25) is 5.60 Å². The molecule has 14 nitrogen and oxygen atoms in total. The van der Waals surface area contributed by atoms with Crippen LogP contribution in [0, 0.1) is 17.2 Å². The Hall–Kier alpha value is -3.99. The van der Waals surface area contributed by atoms with Gasteiger partial charge in [-0.2, -0.15) is 15.4 Å². The molecule has 0 bridgehead atoms. The van der Waals surface area contributed by atoms with Gasteiger partial charge in [0.1, 0.15) is 35.7 Å². The first kappa shape index (κ1) is 34.3. The van der Waals surface area contributed by atoms with Crippen molar-refractivity contribution in [2.45, 2.75) is 88.9 Å². The van der Waals surface area contributed by atoms with E-state index in [4.69, 9.17) is 29.0 Å². The molecule has 2 aromatic heterocycles. The molecule has 4 N–H and O–H groups in total. The number of para-hydroxylation sites is 1. The number of nitrogens with one attached hydrogen (secondary N) is 1. The number of benzene rings is 1. The van der Waals surface area contributed by atoms with Gasteiger partial charge in [-0.05, 0) is 69.9 Å². The predicted molar refractivity (Wildman–Crippen MR) is 169 cm³/mol. The molecule has 1 aliphatic carbocycles. The van der Waals surface area contributed by atoms with Gasteiger partial charge in [-0.25, -0.2) is 9.08 Å². The number of aromatic nitrogens is 2. The Morgan fingerprint density at radius 1 is 1.15 bits per heavy atom. The van der Waals surface area contributed by atoms with E-state index in [-0.39, 0.29) is 17.5 Å². The maximum Gasteiger partial charge on any atom is 0.459 e. The lowest BCUT2D eigenvalue weighted by Gasteiger charge is -2.34. The van der Waals surface area contributed by atoms with Crippen LogP contribution >= 0.6 is 7.75 Å². The molecule has 6 atom stereocenters. The number of hydrogen-bond acceptors (Lipinski definition) is 12. The van der Waals surface area contributed by atoms with Crippen LogP contribution in [0.3, 0.4) is 0 Å². The van der Waals surface area contributed by atoms with E-state index < -0.39 is 61.7 Å². The highest BCUT2D eigenvalue weighted by atomic mass is 31.2. The molecule has 1 aliphatic heterocycles. The van der Waals surface area contributed by atoms with Crippen molar-refractivity contribution in [3.05, 3.63) is 60.4 Å². The maximum absolute atomic E-state index is 14.3. The summed E-state index contributed by atoms with van der Waals surface area (Å²) < 4.78 is 44.9. The number of fused-ring (bicyclic) bond motifs is 1. The largest absolute Gasteiger partial charge is 0.461 e. The van der Waals surface area contributed by atoms with Crippen LogP contribution in [-0.4, -0.2) is 63.2 Å². The van der Waals surface area contributed by atoms with Crippen molar-refractivity contribution in [3.8, 4) is 11.8 Å². The smallest absolute Gasteiger partial charge is 0.459 e. The minimum atomic E-state index is -4.40. The highest BCUT2D eigenvalue weighted by Crippen LogP contribution is 2.51. The molecule has 5 rings (SSSR count). The lowest BCUT2D eigenvalue weighted by molar-refractivity contribution is -0.168. The second-order valence-corrected chi connectivity index (χ2v) is 14.0. The number of esters is 2. The minimum absolute atomic E-state index is 0.116. The Labute approximate surface area is 272 Å². The average Bonchev–Trinajstić information content (AvgIpc) is 3.75. The number of aliphatic hydroxyl groups is 1. The number of nitrogens with two attached hydrogens (primary N) is 1. The van der Waals surface area contributed by atoms with E-state index >= 15 is 0 Å². The summed E-state index contributed by atoms with van der Waals surface area (Å²) in [7, 11) is -4.40. The molecule has 15 heteroatoms. The van der Waals surface area contributed by atoms with Gasteiger partial charge in [-0.1, -0.05) is 32.0 Å². The van der Waals surface area contributed by atoms with Crippen molar-refractivity contribution in [2.24, 2.45) is 5.92 Å². The van der Waals surface area contributed by atoms with Crippen LogP contribution in [-0.2, 0) is 38.5 Å². The van der Waals surface area contributed by atoms with Crippen LogP contribution in [0.5, 0.6) is 5.75 Å². The molecular formula is C32H40N5O9P. The van der Waals surface area contributed by atoms with Gasteiger partial charge in [0, 0.05) is 6.20 Å². The third kappa shape index (κ3) is 6.86. The predicted octanol–water partition coefficient (Wildman–Crippen LogP) is 4.02. The third-order valence-corrected chi connectivity index (χ3v) is 10.1. The fraction of sp³-hybridized carbons (Fsp3) is 0.500. The van der Waals surface area contributed by atoms with Crippen LogP contribution < -0.4 is 15.3 Å². The zero-order valence-corrected chi connectivity index (χ0v) is 27.6. The van der Waals surface area contributed by atoms with E-state index in [2.05, 4.69) is 16.3 Å². The van der Waals surface area contributed by atoms with Gasteiger partial charge in [0.05, 0.1) is 29.4 Å². The van der Waals surface area contributed by atoms with Crippen molar-refractivity contribution in [1.29, 1.82) is 5.26 Å². The lowest BCUT2D eigenvalue weighted by atomic mass is 9.80. The second-order valence-electron chi connectivity index (χ2n) is 12.3. The number of rotatable bonds is 12. The van der Waals surface area contributed by atoms with Gasteiger partial charge < -0.3 is 29.6 Å². The molecule has 2 aliphatic rings. The van der Waals surface area contributed by atoms with Gasteiger partial charge in [-0.15, -0.1) is 0 Å². The van der Waals surface area contributed by atoms with Crippen molar-refractivity contribution < 1.29 is 42.5 Å². The number of ether oxygens (including phenoxy) is 3. The summed E-state index contributed by atoms with van der Waals surface area (Å²) >= 11 is 0. The normalized spacial score (nSPS) is 26.5. The molecular weight excluding hydrogens is 629 g/mol. The maximum atomic E-state index is 14.3. The Kier molecular flexibility index (Phi) is 9.96. The van der Waals surface area contributed by atoms with Crippen molar-refractivity contribution in [1.82, 2.24) is 14.7 Å². The number of nitrogen functional groups attached to an aromatic ring is 1. The van der Waals surface area contributed by atoms with Crippen LogP contribution in [0.25, 0.3) is 5.52 Å². The Morgan fingerprint density at radius 2 is 1.85 bits per heavy atom. The van der Waals surface area contributed by atoms with Crippen molar-refractivity contribution in [2.75, 3.05) is 12.3 Å². The van der Waals surface area contributed by atoms with Gasteiger partial charge in [0.15, 0.2) is 6.10 Å². The topological polar surface area (TPSA) is 197 Å². The molecule has 252 valence electrons. The Bertz CT molecular complexity index is 1680. The second kappa shape index (κ2) is 13.6. The first-order chi connectivity index (χ1) is 22.3. The molecule has 0 spiro atoms. The monoisotopic (exact) mass is 669 g/mol. The van der Waals surface area contributed by atoms with Crippen molar-refractivity contribution >= 4 is 30.9 Å². The van der Waals surface area contributed by atoms with Crippen LogP contribution in [0.4, 0.5) is 5.69 Å². The molecule has 47 heavy (non-hydrogen) atoms. The highest BCUT2D eigenvalue weighted by Gasteiger charge is 2.67. The summed E-state index contributed by atoms with van der Waals surface area (Å²) in [6, 6.07) is 13.9. The molecule has 3 aromatic rings. The van der Waals surface area contributed by atoms with Crippen molar-refractivity contribution in [3.63, 3.8) is 0 Å². The zero-order chi connectivity index (χ0) is 34.0. The summed E-state index contributed by atoms with van der Waals surface area (Å²) in [5.74, 6) is -1.72. The molecule has 2 fully saturated rings. The van der Waals surface area contributed by atoms with E-state index in [1.807, 2.05) is 0 Å². The van der Waals surface area contributed by atoms with Crippen LogP contribution in [0.1, 0.15) is 59.1 Å². The SMILES string of the molecule is CC(C)C(=O)O[C@@H]1[C@@H](COP(=O)(N[C@@H](C)C(=O)OC2CCCC2)Oc2ccccc2)O[C@@](C#N)(c2ccc3c(N)ccnn23)[C@]1(C)O. The molecule has 0 amide bonds. The molecule has 1 saturated heterocycles. The molecule has 1 saturated carbocycles. The summed E-state index contributed by atoms with van der Waals surface area (Å²) in [4.78, 5) is 25.8. The summed E-state index contributed by atoms with van der Waals surface area (Å²) in [6.45, 7) is 5.40. The first-order valence-electron chi connectivity index (χ1n) is 15.5. The number of nitriles is 1. The average molecular weight is 670 g/mol. The third-order valence-electron chi connectivity index (χ3n) is 8.42. The van der Waals surface area contributed by atoms with Crippen LogP contribution in [0.2, 0.25) is 0 Å². The molecule has 0 radical (unpaired) electrons. The quantitative estimate of drug-likeness (QED) is 0.185. The van der Waals surface area contributed by atoms with Gasteiger partial charge in [-0.3, -0.25) is 14.1 Å². The number of anilines is 1. The van der Waals surface area contributed by atoms with E-state index in [9.17, 15) is 24.5 Å². The minimum Gasteiger partial charge on any atom is -0.461 e. The lowest BCUT2D eigenvalue weighted by Crippen LogP contribution is -2.54. The molecule has 1 unspecified atom stereocenters. The van der Waals surface area contributed by atoms with Gasteiger partial charge in [0.25, 0.3) is 0 Å². The van der Waals surface area contributed by atoms with E-state index in [0.717, 1.165) is 25.7 Å². The summed E-state index contributed by atoms with van der Waals surface area (Å²) in [6.07, 6.45) is 1.79. The molecule has 3 heterocycles.